The quantitative estimate of drug-likeness (QED) is 0.0540. The first-order chi connectivity index (χ1) is 23.0. The SMILES string of the molecule is [N-]=[N+]=NCc1ccccc1[C@H]1OC(c2ccc(OCCCO)cc2)=N[C@@]1(Cc1ccc(Br)cc1)C(=O)NCCCCc1ccccc1. The van der Waals surface area contributed by atoms with E-state index in [9.17, 15) is 4.79 Å². The topological polar surface area (TPSA) is 129 Å². The molecule has 2 atom stereocenters. The molecule has 9 nitrogen and oxygen atoms in total. The number of aliphatic hydroxyl groups excluding tert-OH is 1. The van der Waals surface area contributed by atoms with Crippen LogP contribution in [0.1, 0.15) is 53.2 Å². The summed E-state index contributed by atoms with van der Waals surface area (Å²) in [6.45, 7) is 1.06. The summed E-state index contributed by atoms with van der Waals surface area (Å²) in [5, 5.41) is 16.1. The Balaban J connectivity index is 1.49. The van der Waals surface area contributed by atoms with E-state index in [1.54, 1.807) is 0 Å². The van der Waals surface area contributed by atoms with Gasteiger partial charge >= 0.3 is 0 Å². The van der Waals surface area contributed by atoms with Crippen LogP contribution < -0.4 is 10.1 Å². The van der Waals surface area contributed by atoms with Gasteiger partial charge in [-0.25, -0.2) is 4.99 Å². The van der Waals surface area contributed by atoms with E-state index in [0.717, 1.165) is 40.4 Å². The Morgan fingerprint density at radius 3 is 2.45 bits per heavy atom. The second-order valence-electron chi connectivity index (χ2n) is 11.4. The lowest BCUT2D eigenvalue weighted by molar-refractivity contribution is -0.128. The molecule has 1 heterocycles. The van der Waals surface area contributed by atoms with Crippen molar-refractivity contribution in [3.05, 3.63) is 146 Å². The summed E-state index contributed by atoms with van der Waals surface area (Å²) in [6.07, 6.45) is 2.69. The first kappa shape index (κ1) is 33.7. The second-order valence-corrected chi connectivity index (χ2v) is 12.3. The van der Waals surface area contributed by atoms with Crippen LogP contribution in [-0.4, -0.2) is 42.2 Å². The average molecular weight is 697 g/mol. The number of hydrogen-bond donors (Lipinski definition) is 2. The van der Waals surface area contributed by atoms with Gasteiger partial charge in [0.2, 0.25) is 5.90 Å². The van der Waals surface area contributed by atoms with Crippen molar-refractivity contribution in [1.82, 2.24) is 5.32 Å². The van der Waals surface area contributed by atoms with E-state index in [4.69, 9.17) is 25.1 Å². The molecule has 0 aromatic heterocycles. The number of nitrogens with one attached hydrogen (secondary N) is 1. The molecule has 0 aliphatic carbocycles. The molecule has 5 rings (SSSR count). The van der Waals surface area contributed by atoms with Gasteiger partial charge in [-0.2, -0.15) is 0 Å². The first-order valence-electron chi connectivity index (χ1n) is 15.8. The lowest BCUT2D eigenvalue weighted by atomic mass is 9.80. The molecule has 0 fully saturated rings. The lowest BCUT2D eigenvalue weighted by Crippen LogP contribution is -2.50. The summed E-state index contributed by atoms with van der Waals surface area (Å²) >= 11 is 3.52. The molecule has 0 spiro atoms. The van der Waals surface area contributed by atoms with Gasteiger partial charge in [0, 0.05) is 40.9 Å². The molecule has 10 heteroatoms. The highest BCUT2D eigenvalue weighted by molar-refractivity contribution is 9.10. The predicted octanol–water partition coefficient (Wildman–Crippen LogP) is 7.66. The van der Waals surface area contributed by atoms with Crippen molar-refractivity contribution in [2.24, 2.45) is 10.1 Å². The Labute approximate surface area is 283 Å². The number of azide groups is 1. The van der Waals surface area contributed by atoms with Crippen molar-refractivity contribution >= 4 is 27.7 Å². The van der Waals surface area contributed by atoms with E-state index in [2.05, 4.69) is 43.4 Å². The second kappa shape index (κ2) is 16.8. The number of rotatable bonds is 16. The minimum absolute atomic E-state index is 0.0564. The van der Waals surface area contributed by atoms with Crippen LogP contribution in [-0.2, 0) is 28.9 Å². The Hall–Kier alpha value is -4.63. The zero-order valence-electron chi connectivity index (χ0n) is 26.1. The van der Waals surface area contributed by atoms with Crippen LogP contribution in [0.4, 0.5) is 0 Å². The molecule has 2 N–H and O–H groups in total. The largest absolute Gasteiger partial charge is 0.494 e. The molecule has 4 aromatic carbocycles. The van der Waals surface area contributed by atoms with Gasteiger partial charge in [0.15, 0.2) is 11.6 Å². The molecule has 1 amide bonds. The summed E-state index contributed by atoms with van der Waals surface area (Å²) in [6, 6.07) is 33.1. The number of aliphatic imine (C=N–C) groups is 1. The zero-order chi connectivity index (χ0) is 32.9. The summed E-state index contributed by atoms with van der Waals surface area (Å²) in [7, 11) is 0. The number of hydrogen-bond acceptors (Lipinski definition) is 6. The van der Waals surface area contributed by atoms with Crippen LogP contribution in [0.3, 0.4) is 0 Å². The van der Waals surface area contributed by atoms with Crippen LogP contribution in [0.25, 0.3) is 10.4 Å². The molecule has 1 aliphatic heterocycles. The molecule has 1 aliphatic rings. The minimum atomic E-state index is -1.36. The van der Waals surface area contributed by atoms with E-state index in [1.807, 2.05) is 91.0 Å². The zero-order valence-corrected chi connectivity index (χ0v) is 27.7. The van der Waals surface area contributed by atoms with E-state index >= 15 is 0 Å². The molecule has 4 aromatic rings. The van der Waals surface area contributed by atoms with Crippen LogP contribution in [0.15, 0.2) is 118 Å². The Morgan fingerprint density at radius 1 is 0.957 bits per heavy atom. The summed E-state index contributed by atoms with van der Waals surface area (Å²) in [4.78, 5) is 22.6. The maximum atomic E-state index is 14.5. The van der Waals surface area contributed by atoms with Crippen LogP contribution in [0.2, 0.25) is 0 Å². The van der Waals surface area contributed by atoms with Crippen molar-refractivity contribution in [2.45, 2.75) is 50.3 Å². The average Bonchev–Trinajstić information content (AvgIpc) is 3.49. The van der Waals surface area contributed by atoms with Gasteiger partial charge in [-0.15, -0.1) is 0 Å². The molecular weight excluding hydrogens is 658 g/mol. The van der Waals surface area contributed by atoms with E-state index in [-0.39, 0.29) is 25.5 Å². The molecule has 0 saturated heterocycles. The number of carbonyl (C=O) groups is 1. The molecule has 242 valence electrons. The van der Waals surface area contributed by atoms with Crippen molar-refractivity contribution < 1.29 is 19.4 Å². The van der Waals surface area contributed by atoms with Gasteiger partial charge in [0.05, 0.1) is 13.2 Å². The number of ether oxygens (including phenoxy) is 2. The van der Waals surface area contributed by atoms with E-state index in [0.29, 0.717) is 36.8 Å². The minimum Gasteiger partial charge on any atom is -0.494 e. The smallest absolute Gasteiger partial charge is 0.252 e. The molecular formula is C37H38BrN5O4. The van der Waals surface area contributed by atoms with Crippen molar-refractivity contribution in [3.63, 3.8) is 0 Å². The number of benzene rings is 4. The first-order valence-corrected chi connectivity index (χ1v) is 16.6. The van der Waals surface area contributed by atoms with Crippen molar-refractivity contribution in [2.75, 3.05) is 19.8 Å². The maximum absolute atomic E-state index is 14.5. The number of carbonyl (C=O) groups excluding carboxylic acids is 1. The Kier molecular flexibility index (Phi) is 12.0. The summed E-state index contributed by atoms with van der Waals surface area (Å²) in [5.41, 5.74) is 12.1. The highest BCUT2D eigenvalue weighted by Crippen LogP contribution is 2.44. The van der Waals surface area contributed by atoms with Gasteiger partial charge in [-0.3, -0.25) is 4.79 Å². The fourth-order valence-corrected chi connectivity index (χ4v) is 5.93. The fourth-order valence-electron chi connectivity index (χ4n) is 5.67. The van der Waals surface area contributed by atoms with Crippen LogP contribution in [0, 0.1) is 0 Å². The Bertz CT molecular complexity index is 1690. The van der Waals surface area contributed by atoms with Crippen LogP contribution in [0.5, 0.6) is 5.75 Å². The number of nitrogens with zero attached hydrogens (tertiary/aromatic N) is 4. The highest BCUT2D eigenvalue weighted by Gasteiger charge is 2.53. The van der Waals surface area contributed by atoms with Crippen LogP contribution >= 0.6 is 15.9 Å². The van der Waals surface area contributed by atoms with Gasteiger partial charge in [0.1, 0.15) is 5.75 Å². The van der Waals surface area contributed by atoms with Gasteiger partial charge < -0.3 is 19.9 Å². The third-order valence-corrected chi connectivity index (χ3v) is 8.61. The number of halogens is 1. The third-order valence-electron chi connectivity index (χ3n) is 8.08. The third kappa shape index (κ3) is 8.80. The summed E-state index contributed by atoms with van der Waals surface area (Å²) in [5.74, 6) is 0.765. The normalized spacial score (nSPS) is 16.9. The number of unbranched alkanes of at least 4 members (excludes halogenated alkanes) is 1. The molecule has 47 heavy (non-hydrogen) atoms. The van der Waals surface area contributed by atoms with Gasteiger partial charge in [-0.05, 0) is 83.4 Å². The highest BCUT2D eigenvalue weighted by atomic mass is 79.9. The summed E-state index contributed by atoms with van der Waals surface area (Å²) < 4.78 is 13.3. The molecule has 0 radical (unpaired) electrons. The van der Waals surface area contributed by atoms with Gasteiger partial charge in [0.25, 0.3) is 5.91 Å². The standard InChI is InChI=1S/C37H38BrN5O4/c38-31-18-14-28(15-19-31)25-37(36(45)40-22-7-6-11-27-9-2-1-3-10-27)34(33-13-5-4-12-30(33)26-41-43-39)47-35(42-37)29-16-20-32(21-17-29)46-24-8-23-44/h1-5,9-10,12-21,34,44H,6-8,11,22-26H2,(H,40,45)/t34-,37-/m1/s1. The number of amides is 1. The predicted molar refractivity (Wildman–Crippen MR) is 186 cm³/mol. The monoisotopic (exact) mass is 695 g/mol. The molecule has 0 unspecified atom stereocenters. The van der Waals surface area contributed by atoms with Gasteiger partial charge in [-0.1, -0.05) is 87.8 Å². The van der Waals surface area contributed by atoms with Crippen molar-refractivity contribution in [1.29, 1.82) is 0 Å². The fraction of sp³-hybridized carbons (Fsp3) is 0.297. The number of aliphatic hydroxyl groups is 1. The maximum Gasteiger partial charge on any atom is 0.252 e. The Morgan fingerprint density at radius 2 is 1.70 bits per heavy atom. The van der Waals surface area contributed by atoms with E-state index in [1.165, 1.54) is 5.56 Å². The molecule has 0 bridgehead atoms. The van der Waals surface area contributed by atoms with E-state index < -0.39 is 11.6 Å². The molecule has 0 saturated carbocycles. The lowest BCUT2D eigenvalue weighted by Gasteiger charge is -2.32. The van der Waals surface area contributed by atoms with Crippen molar-refractivity contribution in [3.8, 4) is 5.75 Å². The number of aryl methyl sites for hydroxylation is 1.